The first-order valence-electron chi connectivity index (χ1n) is 9.92. The number of ether oxygens (including phenoxy) is 1. The number of hydrogen-bond donors (Lipinski definition) is 2. The lowest BCUT2D eigenvalue weighted by Gasteiger charge is -2.31. The second-order valence-corrected chi connectivity index (χ2v) is 8.98. The zero-order chi connectivity index (χ0) is 23.6. The Labute approximate surface area is 190 Å². The molecule has 1 aliphatic heterocycles. The van der Waals surface area contributed by atoms with E-state index in [-0.39, 0.29) is 16.0 Å². The number of aliphatic hydroxyl groups is 1. The molecule has 3 aromatic carbocycles. The number of nitrogens with zero attached hydrogens (tertiary/aromatic N) is 1. The fourth-order valence-electron chi connectivity index (χ4n) is 3.55. The fraction of sp³-hybridized carbons (Fsp3) is 0.0833. The van der Waals surface area contributed by atoms with Crippen LogP contribution in [0.3, 0.4) is 0 Å². The number of methoxy groups -OCH3 is 1. The fourth-order valence-corrected chi connectivity index (χ4v) is 5.17. The molecule has 1 heterocycles. The van der Waals surface area contributed by atoms with E-state index >= 15 is 0 Å². The van der Waals surface area contributed by atoms with Gasteiger partial charge in [0, 0.05) is 11.1 Å². The van der Waals surface area contributed by atoms with Gasteiger partial charge in [0.05, 0.1) is 17.7 Å². The Bertz CT molecular complexity index is 1370. The van der Waals surface area contributed by atoms with Gasteiger partial charge >= 0.3 is 0 Å². The van der Waals surface area contributed by atoms with Gasteiger partial charge in [0.25, 0.3) is 10.0 Å². The van der Waals surface area contributed by atoms with Crippen molar-refractivity contribution >= 4 is 33.2 Å². The molecular weight excluding hydrogens is 444 g/mol. The summed E-state index contributed by atoms with van der Waals surface area (Å²) in [6, 6.07) is 20.4. The van der Waals surface area contributed by atoms with Gasteiger partial charge in [-0.2, -0.15) is 0 Å². The molecule has 2 N–H and O–H groups in total. The Kier molecular flexibility index (Phi) is 5.89. The first-order valence-corrected chi connectivity index (χ1v) is 11.4. The highest BCUT2D eigenvalue weighted by Crippen LogP contribution is 2.35. The molecule has 0 saturated carbocycles. The quantitative estimate of drug-likeness (QED) is 0.442. The summed E-state index contributed by atoms with van der Waals surface area (Å²) in [6.45, 7) is -0.729. The minimum atomic E-state index is -4.32. The van der Waals surface area contributed by atoms with Crippen molar-refractivity contribution in [2.75, 3.05) is 19.0 Å². The number of amides is 1. The Balaban J connectivity index is 1.81. The van der Waals surface area contributed by atoms with Crippen LogP contribution in [0.2, 0.25) is 0 Å². The molecule has 1 amide bonds. The predicted octanol–water partition coefficient (Wildman–Crippen LogP) is 3.45. The SMILES string of the molecule is COc1ccccc1NC(=O)CN1/C(=C(/O)c2ccccc2)C(=O)c2ccccc2S1(=O)=O. The molecule has 0 unspecified atom stereocenters. The summed E-state index contributed by atoms with van der Waals surface area (Å²) in [5.41, 5.74) is 0.0148. The Morgan fingerprint density at radius 3 is 2.33 bits per heavy atom. The monoisotopic (exact) mass is 464 g/mol. The van der Waals surface area contributed by atoms with Crippen LogP contribution in [0, 0.1) is 0 Å². The normalized spacial score (nSPS) is 16.0. The van der Waals surface area contributed by atoms with Crippen molar-refractivity contribution in [1.29, 1.82) is 0 Å². The number of carbonyl (C=O) groups excluding carboxylic acids is 2. The molecule has 0 fully saturated rings. The topological polar surface area (TPSA) is 113 Å². The standard InChI is InChI=1S/C24H20N2O6S/c1-32-19-13-7-6-12-18(19)25-21(27)15-26-22(23(28)16-9-3-2-4-10-16)24(29)17-11-5-8-14-20(17)33(26,30)31/h2-14,28H,15H2,1H3,(H,25,27)/b23-22+. The molecule has 0 saturated heterocycles. The molecule has 33 heavy (non-hydrogen) atoms. The molecule has 0 radical (unpaired) electrons. The zero-order valence-electron chi connectivity index (χ0n) is 17.6. The predicted molar refractivity (Wildman–Crippen MR) is 122 cm³/mol. The number of benzene rings is 3. The van der Waals surface area contributed by atoms with Crippen LogP contribution in [0.4, 0.5) is 5.69 Å². The molecule has 9 heteroatoms. The third kappa shape index (κ3) is 4.06. The van der Waals surface area contributed by atoms with E-state index in [9.17, 15) is 23.1 Å². The minimum Gasteiger partial charge on any atom is -0.505 e. The van der Waals surface area contributed by atoms with Crippen LogP contribution in [0.25, 0.3) is 5.76 Å². The second kappa shape index (κ2) is 8.79. The van der Waals surface area contributed by atoms with Crippen LogP contribution < -0.4 is 10.1 Å². The van der Waals surface area contributed by atoms with Crippen molar-refractivity contribution in [1.82, 2.24) is 4.31 Å². The summed E-state index contributed by atoms with van der Waals surface area (Å²) >= 11 is 0. The molecule has 0 spiro atoms. The number of rotatable bonds is 5. The van der Waals surface area contributed by atoms with Gasteiger partial charge in [-0.3, -0.25) is 9.59 Å². The lowest BCUT2D eigenvalue weighted by molar-refractivity contribution is -0.116. The number of anilines is 1. The molecule has 3 aromatic rings. The lowest BCUT2D eigenvalue weighted by atomic mass is 10.0. The zero-order valence-corrected chi connectivity index (χ0v) is 18.4. The van der Waals surface area contributed by atoms with Crippen molar-refractivity contribution in [3.63, 3.8) is 0 Å². The largest absolute Gasteiger partial charge is 0.505 e. The number of nitrogens with one attached hydrogen (secondary N) is 1. The van der Waals surface area contributed by atoms with E-state index in [1.54, 1.807) is 42.5 Å². The molecule has 4 rings (SSSR count). The summed E-state index contributed by atoms with van der Waals surface area (Å²) < 4.78 is 32.7. The smallest absolute Gasteiger partial charge is 0.265 e. The van der Waals surface area contributed by atoms with Crippen molar-refractivity contribution in [2.24, 2.45) is 0 Å². The van der Waals surface area contributed by atoms with Gasteiger partial charge in [-0.1, -0.05) is 54.6 Å². The third-order valence-corrected chi connectivity index (χ3v) is 6.91. The van der Waals surface area contributed by atoms with Crippen molar-refractivity contribution in [3.8, 4) is 5.75 Å². The number of allylic oxidation sites excluding steroid dienone is 1. The van der Waals surface area contributed by atoms with Crippen LogP contribution in [-0.2, 0) is 14.8 Å². The highest BCUT2D eigenvalue weighted by molar-refractivity contribution is 7.89. The van der Waals surface area contributed by atoms with Crippen LogP contribution in [0.5, 0.6) is 5.75 Å². The molecule has 1 aliphatic rings. The summed E-state index contributed by atoms with van der Waals surface area (Å²) in [4.78, 5) is 25.9. The van der Waals surface area contributed by atoms with Gasteiger partial charge < -0.3 is 15.2 Å². The highest BCUT2D eigenvalue weighted by Gasteiger charge is 2.42. The van der Waals surface area contributed by atoms with Gasteiger partial charge in [0.15, 0.2) is 5.76 Å². The maximum Gasteiger partial charge on any atom is 0.265 e. The summed E-state index contributed by atoms with van der Waals surface area (Å²) in [7, 11) is -2.88. The summed E-state index contributed by atoms with van der Waals surface area (Å²) in [6.07, 6.45) is 0. The van der Waals surface area contributed by atoms with Crippen molar-refractivity contribution in [2.45, 2.75) is 4.90 Å². The van der Waals surface area contributed by atoms with E-state index < -0.39 is 39.7 Å². The Morgan fingerprint density at radius 2 is 1.61 bits per heavy atom. The van der Waals surface area contributed by atoms with Gasteiger partial charge in [0.2, 0.25) is 11.7 Å². The lowest BCUT2D eigenvalue weighted by Crippen LogP contribution is -2.43. The molecule has 168 valence electrons. The maximum absolute atomic E-state index is 13.4. The molecule has 0 aromatic heterocycles. The molecule has 0 atom stereocenters. The Hall–Kier alpha value is -4.11. The molecular formula is C24H20N2O6S. The second-order valence-electron chi connectivity index (χ2n) is 7.15. The number of fused-ring (bicyclic) bond motifs is 1. The van der Waals surface area contributed by atoms with Crippen LogP contribution >= 0.6 is 0 Å². The summed E-state index contributed by atoms with van der Waals surface area (Å²) in [5, 5.41) is 13.5. The average molecular weight is 464 g/mol. The first kappa shape index (κ1) is 22.1. The number of carbonyl (C=O) groups is 2. The third-order valence-electron chi connectivity index (χ3n) is 5.10. The number of sulfonamides is 1. The maximum atomic E-state index is 13.4. The minimum absolute atomic E-state index is 0.0728. The van der Waals surface area contributed by atoms with Gasteiger partial charge in [-0.05, 0) is 24.3 Å². The molecule has 0 bridgehead atoms. The van der Waals surface area contributed by atoms with Crippen LogP contribution in [0.1, 0.15) is 15.9 Å². The highest BCUT2D eigenvalue weighted by atomic mass is 32.2. The number of Topliss-reactive ketones (excluding diaryl/α,β-unsaturated/α-hetero) is 1. The molecule has 0 aliphatic carbocycles. The van der Waals surface area contributed by atoms with E-state index in [4.69, 9.17) is 4.74 Å². The Morgan fingerprint density at radius 1 is 0.970 bits per heavy atom. The van der Waals surface area contributed by atoms with Crippen LogP contribution in [-0.4, -0.2) is 43.2 Å². The average Bonchev–Trinajstić information content (AvgIpc) is 2.83. The number of para-hydroxylation sites is 2. The van der Waals surface area contributed by atoms with Gasteiger partial charge in [0.1, 0.15) is 18.0 Å². The van der Waals surface area contributed by atoms with E-state index in [0.29, 0.717) is 15.7 Å². The van der Waals surface area contributed by atoms with Crippen LogP contribution in [0.15, 0.2) is 89.5 Å². The van der Waals surface area contributed by atoms with Gasteiger partial charge in [-0.25, -0.2) is 12.7 Å². The number of ketones is 1. The van der Waals surface area contributed by atoms with Crippen molar-refractivity contribution < 1.29 is 27.9 Å². The van der Waals surface area contributed by atoms with E-state index in [1.165, 1.54) is 43.5 Å². The van der Waals surface area contributed by atoms with Crippen molar-refractivity contribution in [3.05, 3.63) is 95.7 Å². The van der Waals surface area contributed by atoms with E-state index in [2.05, 4.69) is 5.32 Å². The van der Waals surface area contributed by atoms with E-state index in [0.717, 1.165) is 0 Å². The first-order chi connectivity index (χ1) is 15.8. The summed E-state index contributed by atoms with van der Waals surface area (Å²) in [5.74, 6) is -1.57. The number of hydrogen-bond acceptors (Lipinski definition) is 6. The van der Waals surface area contributed by atoms with Gasteiger partial charge in [-0.15, -0.1) is 0 Å². The van der Waals surface area contributed by atoms with E-state index in [1.807, 2.05) is 0 Å². The molecule has 8 nitrogen and oxygen atoms in total. The number of aliphatic hydroxyl groups excluding tert-OH is 1.